The number of aromatic nitrogens is 5. The Balaban J connectivity index is 1.41. The molecule has 9 heteroatoms. The van der Waals surface area contributed by atoms with Gasteiger partial charge in [-0.2, -0.15) is 5.10 Å². The summed E-state index contributed by atoms with van der Waals surface area (Å²) in [6, 6.07) is 0. The maximum Gasteiger partial charge on any atom is 0.332 e. The Hall–Kier alpha value is -2.84. The summed E-state index contributed by atoms with van der Waals surface area (Å²) in [7, 11) is 0. The number of fused-ring (bicyclic) bond motifs is 3. The molecule has 1 saturated carbocycles. The van der Waals surface area contributed by atoms with Gasteiger partial charge in [0, 0.05) is 44.2 Å². The van der Waals surface area contributed by atoms with Crippen molar-refractivity contribution in [2.75, 3.05) is 13.1 Å². The summed E-state index contributed by atoms with van der Waals surface area (Å²) in [6.07, 6.45) is 6.42. The van der Waals surface area contributed by atoms with Gasteiger partial charge >= 0.3 is 11.1 Å². The minimum Gasteiger partial charge on any atom is -0.336 e. The molecule has 0 unspecified atom stereocenters. The maximum atomic E-state index is 12.8. The highest BCUT2D eigenvalue weighted by atomic mass is 16.2. The number of aryl methyl sites for hydroxylation is 1. The molecule has 1 saturated heterocycles. The van der Waals surface area contributed by atoms with Crippen molar-refractivity contribution < 1.29 is 4.79 Å². The van der Waals surface area contributed by atoms with Crippen molar-refractivity contribution in [2.45, 2.75) is 45.2 Å². The van der Waals surface area contributed by atoms with E-state index in [1.807, 2.05) is 6.92 Å². The molecule has 1 amide bonds. The van der Waals surface area contributed by atoms with Crippen LogP contribution >= 0.6 is 0 Å². The lowest BCUT2D eigenvalue weighted by Crippen LogP contribution is -2.45. The molecule has 2 aliphatic heterocycles. The number of nitrogens with zero attached hydrogens (tertiary/aromatic N) is 6. The van der Waals surface area contributed by atoms with E-state index in [-0.39, 0.29) is 17.7 Å². The maximum absolute atomic E-state index is 12.8. The van der Waals surface area contributed by atoms with Crippen LogP contribution in [0.1, 0.15) is 47.2 Å². The highest BCUT2D eigenvalue weighted by Crippen LogP contribution is 2.37. The molecule has 146 valence electrons. The highest BCUT2D eigenvalue weighted by Gasteiger charge is 2.44. The Morgan fingerprint density at radius 3 is 2.61 bits per heavy atom. The Kier molecular flexibility index (Phi) is 3.92. The number of likely N-dealkylation sites (tertiary alicyclic amines) is 1. The Morgan fingerprint density at radius 1 is 1.11 bits per heavy atom. The van der Waals surface area contributed by atoms with E-state index in [1.54, 1.807) is 11.1 Å². The molecule has 28 heavy (non-hydrogen) atoms. The molecule has 0 bridgehead atoms. The average Bonchev–Trinajstić information content (AvgIpc) is 3.21. The van der Waals surface area contributed by atoms with E-state index in [1.165, 1.54) is 21.9 Å². The predicted molar refractivity (Wildman–Crippen MR) is 99.0 cm³/mol. The Labute approximate surface area is 161 Å². The standard InChI is InChI=1S/C19H22N6O3/c1-11-5-21-15(6-20-11)17(26)23-8-13-9-24-16(14(13)10-23)22-25(19(28)18(24)27)7-12-3-2-4-12/h5-6,12-14H,2-4,7-10H2,1H3/t13-,14+/m0/s1. The van der Waals surface area contributed by atoms with E-state index in [0.29, 0.717) is 43.6 Å². The summed E-state index contributed by atoms with van der Waals surface area (Å²) in [4.78, 5) is 47.8. The first-order valence-electron chi connectivity index (χ1n) is 9.81. The van der Waals surface area contributed by atoms with Crippen LogP contribution in [0, 0.1) is 18.8 Å². The van der Waals surface area contributed by atoms with Crippen LogP contribution in [0.3, 0.4) is 0 Å². The second-order valence-corrected chi connectivity index (χ2v) is 8.18. The van der Waals surface area contributed by atoms with Gasteiger partial charge in [-0.05, 0) is 25.7 Å². The van der Waals surface area contributed by atoms with E-state index in [2.05, 4.69) is 15.1 Å². The van der Waals surface area contributed by atoms with Crippen molar-refractivity contribution in [3.63, 3.8) is 0 Å². The number of hydrogen-bond donors (Lipinski definition) is 0. The molecular formula is C19H22N6O3. The van der Waals surface area contributed by atoms with Crippen molar-refractivity contribution >= 4 is 5.91 Å². The first kappa shape index (κ1) is 17.3. The zero-order chi connectivity index (χ0) is 19.4. The molecule has 9 nitrogen and oxygen atoms in total. The molecule has 5 rings (SSSR count). The van der Waals surface area contributed by atoms with Crippen molar-refractivity contribution in [3.05, 3.63) is 50.3 Å². The monoisotopic (exact) mass is 382 g/mol. The molecule has 0 N–H and O–H groups in total. The molecule has 0 aromatic carbocycles. The molecule has 4 heterocycles. The summed E-state index contributed by atoms with van der Waals surface area (Å²) in [5, 5.41) is 4.56. The average molecular weight is 382 g/mol. The molecule has 2 fully saturated rings. The third-order valence-corrected chi connectivity index (χ3v) is 6.30. The van der Waals surface area contributed by atoms with E-state index in [9.17, 15) is 14.4 Å². The van der Waals surface area contributed by atoms with Crippen molar-refractivity contribution in [2.24, 2.45) is 11.8 Å². The van der Waals surface area contributed by atoms with Gasteiger partial charge in [-0.3, -0.25) is 23.9 Å². The zero-order valence-electron chi connectivity index (χ0n) is 15.7. The van der Waals surface area contributed by atoms with Crippen LogP contribution < -0.4 is 11.1 Å². The molecule has 3 aliphatic rings. The van der Waals surface area contributed by atoms with Crippen LogP contribution in [0.4, 0.5) is 0 Å². The summed E-state index contributed by atoms with van der Waals surface area (Å²) >= 11 is 0. The quantitative estimate of drug-likeness (QED) is 0.701. The topological polar surface area (TPSA) is 103 Å². The van der Waals surface area contributed by atoms with Gasteiger partial charge in [0.1, 0.15) is 11.5 Å². The van der Waals surface area contributed by atoms with Crippen LogP contribution in [0.15, 0.2) is 22.0 Å². The van der Waals surface area contributed by atoms with Crippen LogP contribution in [0.25, 0.3) is 0 Å². The lowest BCUT2D eigenvalue weighted by atomic mass is 9.85. The first-order chi connectivity index (χ1) is 13.5. The van der Waals surface area contributed by atoms with E-state index < -0.39 is 11.1 Å². The Bertz CT molecular complexity index is 1050. The minimum atomic E-state index is -0.529. The molecule has 0 radical (unpaired) electrons. The molecule has 2 atom stereocenters. The number of rotatable bonds is 3. The van der Waals surface area contributed by atoms with Crippen molar-refractivity contribution in [1.82, 2.24) is 29.2 Å². The summed E-state index contributed by atoms with van der Waals surface area (Å²) in [5.74, 6) is 0.995. The van der Waals surface area contributed by atoms with Gasteiger partial charge in [0.2, 0.25) is 0 Å². The Morgan fingerprint density at radius 2 is 1.93 bits per heavy atom. The number of hydrogen-bond acceptors (Lipinski definition) is 6. The van der Waals surface area contributed by atoms with Crippen molar-refractivity contribution in [1.29, 1.82) is 0 Å². The van der Waals surface area contributed by atoms with Crippen LogP contribution in [-0.4, -0.2) is 48.2 Å². The summed E-state index contributed by atoms with van der Waals surface area (Å²) < 4.78 is 2.87. The molecular weight excluding hydrogens is 360 g/mol. The number of carbonyl (C=O) groups is 1. The van der Waals surface area contributed by atoms with Gasteiger partial charge in [-0.25, -0.2) is 9.67 Å². The summed E-state index contributed by atoms with van der Waals surface area (Å²) in [6.45, 7) is 3.78. The third-order valence-electron chi connectivity index (χ3n) is 6.30. The second kappa shape index (κ2) is 6.35. The minimum absolute atomic E-state index is 0.0247. The van der Waals surface area contributed by atoms with Gasteiger partial charge in [0.25, 0.3) is 5.91 Å². The van der Waals surface area contributed by atoms with Gasteiger partial charge in [-0.15, -0.1) is 0 Å². The zero-order valence-corrected chi connectivity index (χ0v) is 15.7. The fourth-order valence-electron chi connectivity index (χ4n) is 4.46. The predicted octanol–water partition coefficient (Wildman–Crippen LogP) is 0.173. The van der Waals surface area contributed by atoms with E-state index in [4.69, 9.17) is 0 Å². The van der Waals surface area contributed by atoms with Gasteiger partial charge in [-0.1, -0.05) is 6.42 Å². The van der Waals surface area contributed by atoms with Gasteiger partial charge in [0.15, 0.2) is 0 Å². The molecule has 0 spiro atoms. The van der Waals surface area contributed by atoms with Crippen LogP contribution in [-0.2, 0) is 13.1 Å². The fraction of sp³-hybridized carbons (Fsp3) is 0.579. The largest absolute Gasteiger partial charge is 0.336 e. The summed E-state index contributed by atoms with van der Waals surface area (Å²) in [5.41, 5.74) is 0.0714. The lowest BCUT2D eigenvalue weighted by Gasteiger charge is -2.25. The normalized spacial score (nSPS) is 23.4. The second-order valence-electron chi connectivity index (χ2n) is 8.18. The van der Waals surface area contributed by atoms with Crippen LogP contribution in [0.5, 0.6) is 0 Å². The third kappa shape index (κ3) is 2.68. The van der Waals surface area contributed by atoms with E-state index in [0.717, 1.165) is 18.5 Å². The van der Waals surface area contributed by atoms with E-state index >= 15 is 0 Å². The fourth-order valence-corrected chi connectivity index (χ4v) is 4.46. The van der Waals surface area contributed by atoms with Gasteiger partial charge in [0.05, 0.1) is 11.9 Å². The highest BCUT2D eigenvalue weighted by molar-refractivity contribution is 5.92. The SMILES string of the molecule is Cc1cnc(C(=O)N2C[C@H]3Cn4c(nn(CC5CCC5)c(=O)c4=O)[C@@H]3C2)cn1. The van der Waals surface area contributed by atoms with Crippen LogP contribution in [0.2, 0.25) is 0 Å². The smallest absolute Gasteiger partial charge is 0.332 e. The number of amides is 1. The molecule has 2 aromatic heterocycles. The number of carbonyl (C=O) groups excluding carboxylic acids is 1. The molecule has 1 aliphatic carbocycles. The lowest BCUT2D eigenvalue weighted by molar-refractivity contribution is 0.0776. The first-order valence-corrected chi connectivity index (χ1v) is 9.81. The molecule has 2 aromatic rings. The van der Waals surface area contributed by atoms with Gasteiger partial charge < -0.3 is 4.90 Å². The van der Waals surface area contributed by atoms with Crippen molar-refractivity contribution in [3.8, 4) is 0 Å².